The Kier molecular flexibility index (Phi) is 3.97. The maximum atomic E-state index is 6.00. The van der Waals surface area contributed by atoms with E-state index in [0.717, 1.165) is 19.5 Å². The van der Waals surface area contributed by atoms with Crippen LogP contribution in [0, 0.1) is 0 Å². The molecule has 0 radical (unpaired) electrons. The SMILES string of the molecule is CCCC(c1ccccc1)N1CCC(N)C1. The summed E-state index contributed by atoms with van der Waals surface area (Å²) in [5.74, 6) is 0. The topological polar surface area (TPSA) is 29.3 Å². The van der Waals surface area contributed by atoms with Gasteiger partial charge in [-0.25, -0.2) is 0 Å². The molecule has 1 fully saturated rings. The lowest BCUT2D eigenvalue weighted by atomic mass is 10.0. The third-order valence-corrected chi connectivity index (χ3v) is 3.44. The highest BCUT2D eigenvalue weighted by Crippen LogP contribution is 2.28. The van der Waals surface area contributed by atoms with Gasteiger partial charge in [0, 0.05) is 25.2 Å². The van der Waals surface area contributed by atoms with E-state index >= 15 is 0 Å². The first-order chi connectivity index (χ1) is 7.81. The van der Waals surface area contributed by atoms with Gasteiger partial charge >= 0.3 is 0 Å². The second-order valence-corrected chi connectivity index (χ2v) is 4.76. The van der Waals surface area contributed by atoms with Crippen molar-refractivity contribution in [1.29, 1.82) is 0 Å². The fourth-order valence-corrected chi connectivity index (χ4v) is 2.61. The third-order valence-electron chi connectivity index (χ3n) is 3.44. The van der Waals surface area contributed by atoms with Gasteiger partial charge in [-0.3, -0.25) is 4.90 Å². The molecule has 0 spiro atoms. The van der Waals surface area contributed by atoms with Crippen LogP contribution in [-0.2, 0) is 0 Å². The molecule has 1 aromatic rings. The van der Waals surface area contributed by atoms with Crippen molar-refractivity contribution >= 4 is 0 Å². The summed E-state index contributed by atoms with van der Waals surface area (Å²) in [6.07, 6.45) is 3.61. The van der Waals surface area contributed by atoms with Gasteiger partial charge in [-0.1, -0.05) is 43.7 Å². The van der Waals surface area contributed by atoms with E-state index in [2.05, 4.69) is 42.2 Å². The van der Waals surface area contributed by atoms with Gasteiger partial charge in [0.1, 0.15) is 0 Å². The molecule has 2 nitrogen and oxygen atoms in total. The van der Waals surface area contributed by atoms with E-state index in [1.165, 1.54) is 18.4 Å². The summed E-state index contributed by atoms with van der Waals surface area (Å²) in [5.41, 5.74) is 7.44. The average Bonchev–Trinajstić information content (AvgIpc) is 2.74. The van der Waals surface area contributed by atoms with Crippen LogP contribution in [0.2, 0.25) is 0 Å². The standard InChI is InChI=1S/C14H22N2/c1-2-6-14(12-7-4-3-5-8-12)16-10-9-13(15)11-16/h3-5,7-8,13-14H,2,6,9-11,15H2,1H3. The molecule has 1 aromatic carbocycles. The maximum Gasteiger partial charge on any atom is 0.0348 e. The van der Waals surface area contributed by atoms with E-state index in [4.69, 9.17) is 5.73 Å². The first kappa shape index (κ1) is 11.6. The van der Waals surface area contributed by atoms with Gasteiger partial charge in [-0.15, -0.1) is 0 Å². The average molecular weight is 218 g/mol. The van der Waals surface area contributed by atoms with E-state index < -0.39 is 0 Å². The Hall–Kier alpha value is -0.860. The summed E-state index contributed by atoms with van der Waals surface area (Å²) >= 11 is 0. The first-order valence-corrected chi connectivity index (χ1v) is 6.36. The zero-order valence-corrected chi connectivity index (χ0v) is 10.1. The normalized spacial score (nSPS) is 23.5. The molecule has 2 atom stereocenters. The molecule has 2 heteroatoms. The molecule has 1 saturated heterocycles. The molecule has 1 aliphatic rings. The van der Waals surface area contributed by atoms with Crippen molar-refractivity contribution < 1.29 is 0 Å². The minimum atomic E-state index is 0.378. The van der Waals surface area contributed by atoms with Crippen molar-refractivity contribution in [3.05, 3.63) is 35.9 Å². The molecule has 0 amide bonds. The van der Waals surface area contributed by atoms with Gasteiger partial charge in [0.25, 0.3) is 0 Å². The molecular formula is C14H22N2. The lowest BCUT2D eigenvalue weighted by molar-refractivity contribution is 0.229. The van der Waals surface area contributed by atoms with Crippen molar-refractivity contribution in [2.75, 3.05) is 13.1 Å². The second kappa shape index (κ2) is 5.46. The zero-order chi connectivity index (χ0) is 11.4. The van der Waals surface area contributed by atoms with Crippen LogP contribution < -0.4 is 5.73 Å². The highest BCUT2D eigenvalue weighted by atomic mass is 15.2. The Bertz CT molecular complexity index is 310. The molecule has 0 aliphatic carbocycles. The summed E-state index contributed by atoms with van der Waals surface area (Å²) < 4.78 is 0. The number of rotatable bonds is 4. The van der Waals surface area contributed by atoms with Crippen molar-refractivity contribution in [2.45, 2.75) is 38.3 Å². The maximum absolute atomic E-state index is 6.00. The van der Waals surface area contributed by atoms with Gasteiger partial charge in [-0.2, -0.15) is 0 Å². The molecule has 0 aromatic heterocycles. The largest absolute Gasteiger partial charge is 0.326 e. The summed E-state index contributed by atoms with van der Waals surface area (Å²) in [7, 11) is 0. The molecule has 16 heavy (non-hydrogen) atoms. The fourth-order valence-electron chi connectivity index (χ4n) is 2.61. The number of nitrogens with zero attached hydrogens (tertiary/aromatic N) is 1. The van der Waals surface area contributed by atoms with Crippen LogP contribution in [0.5, 0.6) is 0 Å². The van der Waals surface area contributed by atoms with Crippen molar-refractivity contribution in [3.8, 4) is 0 Å². The Morgan fingerprint density at radius 3 is 2.69 bits per heavy atom. The van der Waals surface area contributed by atoms with E-state index in [1.54, 1.807) is 0 Å². The van der Waals surface area contributed by atoms with Gasteiger partial charge in [0.15, 0.2) is 0 Å². The Morgan fingerprint density at radius 2 is 2.12 bits per heavy atom. The number of nitrogens with two attached hydrogens (primary N) is 1. The highest BCUT2D eigenvalue weighted by molar-refractivity contribution is 5.19. The van der Waals surface area contributed by atoms with Gasteiger partial charge in [-0.05, 0) is 18.4 Å². The van der Waals surface area contributed by atoms with Crippen LogP contribution in [0.1, 0.15) is 37.8 Å². The minimum Gasteiger partial charge on any atom is -0.326 e. The van der Waals surface area contributed by atoms with Crippen molar-refractivity contribution in [2.24, 2.45) is 5.73 Å². The number of likely N-dealkylation sites (tertiary alicyclic amines) is 1. The Labute approximate surface area is 98.4 Å². The number of benzene rings is 1. The highest BCUT2D eigenvalue weighted by Gasteiger charge is 2.26. The fraction of sp³-hybridized carbons (Fsp3) is 0.571. The summed E-state index contributed by atoms with van der Waals surface area (Å²) in [5, 5.41) is 0. The van der Waals surface area contributed by atoms with Crippen LogP contribution in [-0.4, -0.2) is 24.0 Å². The van der Waals surface area contributed by atoms with Crippen LogP contribution in [0.4, 0.5) is 0 Å². The monoisotopic (exact) mass is 218 g/mol. The summed E-state index contributed by atoms with van der Waals surface area (Å²) in [6, 6.07) is 11.8. The predicted octanol–water partition coefficient (Wildman–Crippen LogP) is 2.56. The quantitative estimate of drug-likeness (QED) is 0.841. The van der Waals surface area contributed by atoms with Crippen molar-refractivity contribution in [1.82, 2.24) is 4.90 Å². The molecule has 0 saturated carbocycles. The number of hydrogen-bond acceptors (Lipinski definition) is 2. The molecule has 2 unspecified atom stereocenters. The van der Waals surface area contributed by atoms with E-state index in [9.17, 15) is 0 Å². The molecule has 1 aliphatic heterocycles. The summed E-state index contributed by atoms with van der Waals surface area (Å²) in [6.45, 7) is 4.46. The molecule has 88 valence electrons. The number of hydrogen-bond donors (Lipinski definition) is 1. The molecule has 2 rings (SSSR count). The zero-order valence-electron chi connectivity index (χ0n) is 10.1. The molecule has 0 bridgehead atoms. The van der Waals surface area contributed by atoms with E-state index in [0.29, 0.717) is 12.1 Å². The van der Waals surface area contributed by atoms with E-state index in [-0.39, 0.29) is 0 Å². The lowest BCUT2D eigenvalue weighted by Crippen LogP contribution is -2.30. The minimum absolute atomic E-state index is 0.378. The third kappa shape index (κ3) is 2.63. The van der Waals surface area contributed by atoms with E-state index in [1.807, 2.05) is 0 Å². The van der Waals surface area contributed by atoms with Crippen LogP contribution in [0.3, 0.4) is 0 Å². The Balaban J connectivity index is 2.11. The van der Waals surface area contributed by atoms with Crippen LogP contribution >= 0.6 is 0 Å². The molecular weight excluding hydrogens is 196 g/mol. The molecule has 2 N–H and O–H groups in total. The van der Waals surface area contributed by atoms with Crippen molar-refractivity contribution in [3.63, 3.8) is 0 Å². The predicted molar refractivity (Wildman–Crippen MR) is 68.3 cm³/mol. The first-order valence-electron chi connectivity index (χ1n) is 6.36. The smallest absolute Gasteiger partial charge is 0.0348 e. The van der Waals surface area contributed by atoms with Crippen LogP contribution in [0.25, 0.3) is 0 Å². The van der Waals surface area contributed by atoms with Crippen LogP contribution in [0.15, 0.2) is 30.3 Å². The molecule has 1 heterocycles. The lowest BCUT2D eigenvalue weighted by Gasteiger charge is -2.27. The summed E-state index contributed by atoms with van der Waals surface area (Å²) in [4.78, 5) is 2.55. The second-order valence-electron chi connectivity index (χ2n) is 4.76. The Morgan fingerprint density at radius 1 is 1.38 bits per heavy atom. The van der Waals surface area contributed by atoms with Gasteiger partial charge in [0.05, 0.1) is 0 Å². The van der Waals surface area contributed by atoms with Gasteiger partial charge < -0.3 is 5.73 Å². The van der Waals surface area contributed by atoms with Gasteiger partial charge in [0.2, 0.25) is 0 Å².